The van der Waals surface area contributed by atoms with Gasteiger partial charge in [-0.2, -0.15) is 0 Å². The summed E-state index contributed by atoms with van der Waals surface area (Å²) in [6.07, 6.45) is 14.4. The van der Waals surface area contributed by atoms with Crippen LogP contribution >= 0.6 is 0 Å². The lowest BCUT2D eigenvalue weighted by molar-refractivity contribution is 0.0739. The number of methoxy groups -OCH3 is 2. The van der Waals surface area contributed by atoms with Crippen molar-refractivity contribution in [2.24, 2.45) is 5.92 Å². The van der Waals surface area contributed by atoms with Gasteiger partial charge in [-0.25, -0.2) is 9.59 Å². The molecule has 0 saturated heterocycles. The van der Waals surface area contributed by atoms with Crippen LogP contribution in [0.2, 0.25) is 0 Å². The maximum atomic E-state index is 12.3. The molecule has 4 bridgehead atoms. The summed E-state index contributed by atoms with van der Waals surface area (Å²) in [4.78, 5) is 27.5. The van der Waals surface area contributed by atoms with E-state index in [1.807, 2.05) is 42.5 Å². The van der Waals surface area contributed by atoms with Crippen LogP contribution in [0.4, 0.5) is 9.59 Å². The molecule has 0 radical (unpaired) electrons. The zero-order valence-corrected chi connectivity index (χ0v) is 12.5. The third-order valence-corrected chi connectivity index (χ3v) is 4.21. The van der Waals surface area contributed by atoms with Gasteiger partial charge in [0.2, 0.25) is 0 Å². The molecule has 0 aromatic heterocycles. The van der Waals surface area contributed by atoms with E-state index in [2.05, 4.69) is 0 Å². The van der Waals surface area contributed by atoms with Crippen molar-refractivity contribution in [3.8, 4) is 0 Å². The van der Waals surface area contributed by atoms with Crippen LogP contribution in [0, 0.1) is 5.92 Å². The van der Waals surface area contributed by atoms with Crippen LogP contribution < -0.4 is 0 Å². The number of rotatable bonds is 0. The Morgan fingerprint density at radius 3 is 2.18 bits per heavy atom. The molecule has 0 aliphatic carbocycles. The molecular formula is C16H18N2O4. The Balaban J connectivity index is 2.10. The molecule has 4 atom stereocenters. The Hall–Kier alpha value is -2.50. The van der Waals surface area contributed by atoms with Gasteiger partial charge in [-0.15, -0.1) is 0 Å². The molecule has 116 valence electrons. The maximum absolute atomic E-state index is 12.3. The molecule has 0 fully saturated rings. The quantitative estimate of drug-likeness (QED) is 0.643. The van der Waals surface area contributed by atoms with E-state index < -0.39 is 12.2 Å². The molecule has 3 heterocycles. The van der Waals surface area contributed by atoms with Gasteiger partial charge >= 0.3 is 12.2 Å². The highest BCUT2D eigenvalue weighted by molar-refractivity contribution is 5.73. The first-order chi connectivity index (χ1) is 10.7. The van der Waals surface area contributed by atoms with Gasteiger partial charge in [0, 0.05) is 12.1 Å². The van der Waals surface area contributed by atoms with Gasteiger partial charge in [0.05, 0.1) is 32.3 Å². The lowest BCUT2D eigenvalue weighted by atomic mass is 9.97. The van der Waals surface area contributed by atoms with E-state index in [1.165, 1.54) is 19.1 Å². The minimum atomic E-state index is -0.458. The van der Waals surface area contributed by atoms with E-state index >= 15 is 0 Å². The average Bonchev–Trinajstić information content (AvgIpc) is 2.95. The summed E-state index contributed by atoms with van der Waals surface area (Å²) >= 11 is 0. The topological polar surface area (TPSA) is 59.1 Å². The molecule has 0 unspecified atom stereocenters. The Morgan fingerprint density at radius 2 is 1.50 bits per heavy atom. The Labute approximate surface area is 129 Å². The number of fused-ring (bicyclic) bond motifs is 6. The lowest BCUT2D eigenvalue weighted by Crippen LogP contribution is -2.56. The molecule has 0 saturated carbocycles. The molecule has 3 aliphatic rings. The molecule has 0 aromatic rings. The summed E-state index contributed by atoms with van der Waals surface area (Å²) in [6.45, 7) is 0. The molecule has 3 aliphatic heterocycles. The third kappa shape index (κ3) is 2.20. The number of carbonyl (C=O) groups excluding carboxylic acids is 2. The van der Waals surface area contributed by atoms with Gasteiger partial charge in [-0.05, 0) is 0 Å². The Bertz CT molecular complexity index is 593. The van der Waals surface area contributed by atoms with Crippen molar-refractivity contribution in [3.05, 3.63) is 48.7 Å². The van der Waals surface area contributed by atoms with Crippen LogP contribution in [0.1, 0.15) is 0 Å². The summed E-state index contributed by atoms with van der Waals surface area (Å²) in [5.41, 5.74) is 0. The average molecular weight is 302 g/mol. The first kappa shape index (κ1) is 14.4. The van der Waals surface area contributed by atoms with Crippen molar-refractivity contribution in [3.63, 3.8) is 0 Å². The second-order valence-electron chi connectivity index (χ2n) is 5.30. The smallest absolute Gasteiger partial charge is 0.414 e. The van der Waals surface area contributed by atoms with Gasteiger partial charge in [-0.1, -0.05) is 42.5 Å². The minimum absolute atomic E-state index is 0.0302. The van der Waals surface area contributed by atoms with E-state index in [0.29, 0.717) is 0 Å². The van der Waals surface area contributed by atoms with Gasteiger partial charge in [-0.3, -0.25) is 9.80 Å². The molecule has 0 spiro atoms. The second-order valence-corrected chi connectivity index (χ2v) is 5.30. The highest BCUT2D eigenvalue weighted by Crippen LogP contribution is 2.33. The van der Waals surface area contributed by atoms with E-state index in [9.17, 15) is 9.59 Å². The Morgan fingerprint density at radius 1 is 0.818 bits per heavy atom. The molecule has 2 amide bonds. The van der Waals surface area contributed by atoms with Crippen molar-refractivity contribution in [1.29, 1.82) is 0 Å². The van der Waals surface area contributed by atoms with Crippen molar-refractivity contribution >= 4 is 12.2 Å². The molecule has 22 heavy (non-hydrogen) atoms. The van der Waals surface area contributed by atoms with Gasteiger partial charge in [0.1, 0.15) is 0 Å². The minimum Gasteiger partial charge on any atom is -0.453 e. The molecule has 0 N–H and O–H groups in total. The van der Waals surface area contributed by atoms with Crippen LogP contribution in [0.5, 0.6) is 0 Å². The SMILES string of the molecule is COC(=O)N1C=C[C@H]2C=C[C@@H]1[C@@H]1C=CC=C[C@@H]2N1C(=O)OC. The highest BCUT2D eigenvalue weighted by Gasteiger charge is 2.43. The van der Waals surface area contributed by atoms with E-state index in [-0.39, 0.29) is 24.0 Å². The summed E-state index contributed by atoms with van der Waals surface area (Å²) in [6, 6.07) is -0.809. The number of hydrogen-bond donors (Lipinski definition) is 0. The van der Waals surface area contributed by atoms with Crippen LogP contribution in [-0.4, -0.2) is 54.3 Å². The zero-order chi connectivity index (χ0) is 15.7. The molecular weight excluding hydrogens is 284 g/mol. The van der Waals surface area contributed by atoms with Crippen LogP contribution in [0.15, 0.2) is 48.7 Å². The fourth-order valence-electron chi connectivity index (χ4n) is 3.17. The number of allylic oxidation sites excluding steroid dienone is 2. The highest BCUT2D eigenvalue weighted by atomic mass is 16.5. The lowest BCUT2D eigenvalue weighted by Gasteiger charge is -2.40. The van der Waals surface area contributed by atoms with Crippen LogP contribution in [0.25, 0.3) is 0 Å². The summed E-state index contributed by atoms with van der Waals surface area (Å²) in [5.74, 6) is -0.0302. The van der Waals surface area contributed by atoms with E-state index in [1.54, 1.807) is 11.1 Å². The summed E-state index contributed by atoms with van der Waals surface area (Å²) in [7, 11) is 2.71. The number of ether oxygens (including phenoxy) is 2. The van der Waals surface area contributed by atoms with Crippen molar-refractivity contribution in [1.82, 2.24) is 9.80 Å². The standard InChI is InChI=1S/C16H18N2O4/c1-21-15(19)17-10-9-11-7-8-13(17)14-6-4-3-5-12(11)18(14)16(20)22-2/h3-14H,1-2H3/t11-,12+,13-,14+/m1/s1. The predicted octanol–water partition coefficient (Wildman–Crippen LogP) is 2.07. The largest absolute Gasteiger partial charge is 0.453 e. The van der Waals surface area contributed by atoms with E-state index in [0.717, 1.165) is 0 Å². The van der Waals surface area contributed by atoms with Gasteiger partial charge in [0.25, 0.3) is 0 Å². The zero-order valence-electron chi connectivity index (χ0n) is 12.5. The first-order valence-electron chi connectivity index (χ1n) is 7.11. The molecule has 3 rings (SSSR count). The normalized spacial score (nSPS) is 31.5. The monoisotopic (exact) mass is 302 g/mol. The predicted molar refractivity (Wildman–Crippen MR) is 79.9 cm³/mol. The van der Waals surface area contributed by atoms with E-state index in [4.69, 9.17) is 9.47 Å². The van der Waals surface area contributed by atoms with Gasteiger partial charge in [0.15, 0.2) is 0 Å². The fraction of sp³-hybridized carbons (Fsp3) is 0.375. The molecule has 6 heteroatoms. The summed E-state index contributed by atoms with van der Waals surface area (Å²) in [5, 5.41) is 0. The number of nitrogens with zero attached hydrogens (tertiary/aromatic N) is 2. The number of amides is 2. The molecule has 0 aromatic carbocycles. The number of hydrogen-bond acceptors (Lipinski definition) is 4. The van der Waals surface area contributed by atoms with Crippen molar-refractivity contribution in [2.75, 3.05) is 14.2 Å². The fourth-order valence-corrected chi connectivity index (χ4v) is 3.17. The van der Waals surface area contributed by atoms with Crippen LogP contribution in [-0.2, 0) is 9.47 Å². The van der Waals surface area contributed by atoms with Crippen molar-refractivity contribution < 1.29 is 19.1 Å². The third-order valence-electron chi connectivity index (χ3n) is 4.21. The first-order valence-corrected chi connectivity index (χ1v) is 7.11. The van der Waals surface area contributed by atoms with Crippen LogP contribution in [0.3, 0.4) is 0 Å². The molecule has 6 nitrogen and oxygen atoms in total. The van der Waals surface area contributed by atoms with Crippen molar-refractivity contribution in [2.45, 2.75) is 18.1 Å². The Kier molecular flexibility index (Phi) is 3.75. The maximum Gasteiger partial charge on any atom is 0.414 e. The summed E-state index contributed by atoms with van der Waals surface area (Å²) < 4.78 is 9.81. The van der Waals surface area contributed by atoms with Gasteiger partial charge < -0.3 is 9.47 Å². The number of carbonyl (C=O) groups is 2. The second kappa shape index (κ2) is 5.71.